The number of nitrogens with zero attached hydrogens (tertiary/aromatic N) is 1. The van der Waals surface area contributed by atoms with Crippen LogP contribution in [-0.2, 0) is 5.88 Å². The Kier molecular flexibility index (Phi) is 4.16. The Morgan fingerprint density at radius 2 is 1.90 bits per heavy atom. The third kappa shape index (κ3) is 2.42. The molecule has 0 fully saturated rings. The minimum Gasteiger partial charge on any atom is -0.619 e. The number of pyridine rings is 1. The van der Waals surface area contributed by atoms with Crippen LogP contribution in [0.1, 0.15) is 5.56 Å². The Bertz CT molecular complexity index is 187. The van der Waals surface area contributed by atoms with Crippen molar-refractivity contribution in [3.8, 4) is 0 Å². The van der Waals surface area contributed by atoms with E-state index in [0.29, 0.717) is 5.88 Å². The van der Waals surface area contributed by atoms with E-state index in [0.717, 1.165) is 10.3 Å². The third-order valence-electron chi connectivity index (χ3n) is 1.03. The van der Waals surface area contributed by atoms with Crippen molar-refractivity contribution in [1.29, 1.82) is 0 Å². The quantitative estimate of drug-likeness (QED) is 0.365. The van der Waals surface area contributed by atoms with Gasteiger partial charge < -0.3 is 5.21 Å². The van der Waals surface area contributed by atoms with Gasteiger partial charge in [0.05, 0.1) is 0 Å². The molecule has 1 aromatic rings. The molecule has 0 saturated carbocycles. The SMILES string of the molecule is Cl.[O-][n+]1ccc(CCl)cc1. The maximum Gasteiger partial charge on any atom is 0.180 e. The second-order valence-electron chi connectivity index (χ2n) is 1.70. The summed E-state index contributed by atoms with van der Waals surface area (Å²) in [4.78, 5) is 0. The molecule has 56 valence electrons. The van der Waals surface area contributed by atoms with Gasteiger partial charge in [-0.3, -0.25) is 0 Å². The minimum absolute atomic E-state index is 0. The number of hydrogen-bond acceptors (Lipinski definition) is 1. The monoisotopic (exact) mass is 179 g/mol. The summed E-state index contributed by atoms with van der Waals surface area (Å²) in [5.41, 5.74) is 0.962. The fourth-order valence-corrected chi connectivity index (χ4v) is 0.711. The van der Waals surface area contributed by atoms with Crippen LogP contribution in [0.2, 0.25) is 0 Å². The topological polar surface area (TPSA) is 26.9 Å². The fraction of sp³-hybridized carbons (Fsp3) is 0.167. The highest BCUT2D eigenvalue weighted by Crippen LogP contribution is 1.97. The third-order valence-corrected chi connectivity index (χ3v) is 1.33. The minimum atomic E-state index is 0. The predicted molar refractivity (Wildman–Crippen MR) is 42.2 cm³/mol. The van der Waals surface area contributed by atoms with Gasteiger partial charge in [0.1, 0.15) is 0 Å². The fourth-order valence-electron chi connectivity index (χ4n) is 0.533. The van der Waals surface area contributed by atoms with Crippen molar-refractivity contribution < 1.29 is 4.73 Å². The van der Waals surface area contributed by atoms with E-state index < -0.39 is 0 Å². The Balaban J connectivity index is 0.000000810. The second kappa shape index (κ2) is 4.36. The van der Waals surface area contributed by atoms with Gasteiger partial charge in [-0.15, -0.1) is 24.0 Å². The molecule has 1 heterocycles. The van der Waals surface area contributed by atoms with Crippen molar-refractivity contribution in [1.82, 2.24) is 0 Å². The number of alkyl halides is 1. The Labute approximate surface area is 70.4 Å². The summed E-state index contributed by atoms with van der Waals surface area (Å²) in [7, 11) is 0. The van der Waals surface area contributed by atoms with Crippen molar-refractivity contribution in [3.05, 3.63) is 35.3 Å². The summed E-state index contributed by atoms with van der Waals surface area (Å²) in [6.07, 6.45) is 2.86. The van der Waals surface area contributed by atoms with E-state index in [1.54, 1.807) is 12.1 Å². The molecule has 1 aromatic heterocycles. The number of halogens is 2. The second-order valence-corrected chi connectivity index (χ2v) is 1.97. The Morgan fingerprint density at radius 1 is 1.40 bits per heavy atom. The summed E-state index contributed by atoms with van der Waals surface area (Å²) in [6.45, 7) is 0. The molecule has 0 radical (unpaired) electrons. The van der Waals surface area contributed by atoms with Gasteiger partial charge in [0.15, 0.2) is 12.4 Å². The van der Waals surface area contributed by atoms with Crippen LogP contribution in [-0.4, -0.2) is 0 Å². The molecule has 2 nitrogen and oxygen atoms in total. The first kappa shape index (κ1) is 9.53. The molecular weight excluding hydrogens is 173 g/mol. The van der Waals surface area contributed by atoms with Gasteiger partial charge in [0, 0.05) is 18.0 Å². The molecule has 0 bridgehead atoms. The van der Waals surface area contributed by atoms with Crippen LogP contribution in [0.5, 0.6) is 0 Å². The number of aromatic nitrogens is 1. The van der Waals surface area contributed by atoms with E-state index in [9.17, 15) is 5.21 Å². The average Bonchev–Trinajstić information content (AvgIpc) is 1.90. The molecule has 0 atom stereocenters. The van der Waals surface area contributed by atoms with Crippen LogP contribution in [0.15, 0.2) is 24.5 Å². The van der Waals surface area contributed by atoms with Crippen molar-refractivity contribution in [2.75, 3.05) is 0 Å². The normalized spacial score (nSPS) is 8.50. The van der Waals surface area contributed by atoms with Crippen LogP contribution in [0.25, 0.3) is 0 Å². The molecule has 4 heteroatoms. The van der Waals surface area contributed by atoms with E-state index in [-0.39, 0.29) is 12.4 Å². The molecule has 0 aliphatic heterocycles. The van der Waals surface area contributed by atoms with Gasteiger partial charge in [0.2, 0.25) is 0 Å². The lowest BCUT2D eigenvalue weighted by Gasteiger charge is -1.94. The van der Waals surface area contributed by atoms with E-state index in [1.165, 1.54) is 12.4 Å². The summed E-state index contributed by atoms with van der Waals surface area (Å²) in [5, 5.41) is 10.4. The molecule has 0 aliphatic rings. The molecule has 1 rings (SSSR count). The Morgan fingerprint density at radius 3 is 2.30 bits per heavy atom. The molecule has 0 N–H and O–H groups in total. The summed E-state index contributed by atoms with van der Waals surface area (Å²) in [5.74, 6) is 0.459. The molecule has 0 amide bonds. The first-order chi connectivity index (χ1) is 4.33. The molecule has 0 spiro atoms. The molecule has 0 aromatic carbocycles. The average molecular weight is 180 g/mol. The molecule has 0 aliphatic carbocycles. The molecule has 0 unspecified atom stereocenters. The molecular formula is C6H7Cl2NO. The van der Waals surface area contributed by atoms with Gasteiger partial charge in [-0.1, -0.05) is 0 Å². The zero-order valence-corrected chi connectivity index (χ0v) is 6.73. The molecule has 0 saturated heterocycles. The van der Waals surface area contributed by atoms with Gasteiger partial charge in [-0.25, -0.2) is 0 Å². The summed E-state index contributed by atoms with van der Waals surface area (Å²) >= 11 is 5.47. The van der Waals surface area contributed by atoms with Gasteiger partial charge >= 0.3 is 0 Å². The van der Waals surface area contributed by atoms with Crippen molar-refractivity contribution >= 4 is 24.0 Å². The highest BCUT2D eigenvalue weighted by Gasteiger charge is 1.89. The largest absolute Gasteiger partial charge is 0.619 e. The van der Waals surface area contributed by atoms with Crippen LogP contribution >= 0.6 is 24.0 Å². The van der Waals surface area contributed by atoms with Crippen LogP contribution in [0.3, 0.4) is 0 Å². The first-order valence-corrected chi connectivity index (χ1v) is 3.10. The van der Waals surface area contributed by atoms with Crippen LogP contribution in [0, 0.1) is 5.21 Å². The number of hydrogen-bond donors (Lipinski definition) is 0. The van der Waals surface area contributed by atoms with E-state index in [1.807, 2.05) is 0 Å². The van der Waals surface area contributed by atoms with E-state index in [2.05, 4.69) is 0 Å². The first-order valence-electron chi connectivity index (χ1n) is 2.56. The zero-order valence-electron chi connectivity index (χ0n) is 5.16. The highest BCUT2D eigenvalue weighted by atomic mass is 35.5. The smallest absolute Gasteiger partial charge is 0.180 e. The van der Waals surface area contributed by atoms with Gasteiger partial charge in [0.25, 0.3) is 0 Å². The maximum absolute atomic E-state index is 10.4. The van der Waals surface area contributed by atoms with E-state index in [4.69, 9.17) is 11.6 Å². The zero-order chi connectivity index (χ0) is 6.69. The lowest BCUT2D eigenvalue weighted by atomic mass is 10.3. The predicted octanol–water partition coefficient (Wildman–Crippen LogP) is 1.48. The van der Waals surface area contributed by atoms with Crippen molar-refractivity contribution in [3.63, 3.8) is 0 Å². The summed E-state index contributed by atoms with van der Waals surface area (Å²) < 4.78 is 0.732. The van der Waals surface area contributed by atoms with Crippen LogP contribution in [0.4, 0.5) is 0 Å². The van der Waals surface area contributed by atoms with Gasteiger partial charge in [-0.2, -0.15) is 4.73 Å². The molecule has 10 heavy (non-hydrogen) atoms. The number of rotatable bonds is 1. The maximum atomic E-state index is 10.4. The van der Waals surface area contributed by atoms with E-state index >= 15 is 0 Å². The van der Waals surface area contributed by atoms with Crippen molar-refractivity contribution in [2.24, 2.45) is 0 Å². The summed E-state index contributed by atoms with van der Waals surface area (Å²) in [6, 6.07) is 3.39. The lowest BCUT2D eigenvalue weighted by Crippen LogP contribution is -2.23. The van der Waals surface area contributed by atoms with Crippen molar-refractivity contribution in [2.45, 2.75) is 5.88 Å². The van der Waals surface area contributed by atoms with Crippen LogP contribution < -0.4 is 4.73 Å². The standard InChI is InChI=1S/C6H6ClNO.ClH/c7-5-6-1-3-8(9)4-2-6;/h1-4H,5H2;1H. The van der Waals surface area contributed by atoms with Gasteiger partial charge in [-0.05, 0) is 5.56 Å². The highest BCUT2D eigenvalue weighted by molar-refractivity contribution is 6.17. The lowest BCUT2D eigenvalue weighted by molar-refractivity contribution is -0.605. The Hall–Kier alpha value is -0.470.